The van der Waals surface area contributed by atoms with Gasteiger partial charge in [-0.1, -0.05) is 38.1 Å². The minimum Gasteiger partial charge on any atom is -0.449 e. The molecule has 0 saturated carbocycles. The van der Waals surface area contributed by atoms with Crippen molar-refractivity contribution in [3.63, 3.8) is 0 Å². The Hall–Kier alpha value is -4.26. The molecule has 7 heteroatoms. The molecule has 4 rings (SSSR count). The fraction of sp³-hybridized carbons (Fsp3) is 0.154. The lowest BCUT2D eigenvalue weighted by atomic mass is 10.0. The van der Waals surface area contributed by atoms with Crippen LogP contribution in [0, 0.1) is 5.92 Å². The first-order chi connectivity index (χ1) is 16.0. The molecule has 0 aliphatic heterocycles. The van der Waals surface area contributed by atoms with Crippen molar-refractivity contribution in [1.82, 2.24) is 15.2 Å². The van der Waals surface area contributed by atoms with Gasteiger partial charge in [-0.2, -0.15) is 5.10 Å². The smallest absolute Gasteiger partial charge is 0.411 e. The summed E-state index contributed by atoms with van der Waals surface area (Å²) >= 11 is 0. The molecule has 1 amide bonds. The molecule has 0 aliphatic carbocycles. The largest absolute Gasteiger partial charge is 0.449 e. The van der Waals surface area contributed by atoms with Crippen molar-refractivity contribution in [3.8, 4) is 0 Å². The summed E-state index contributed by atoms with van der Waals surface area (Å²) in [6, 6.07) is 17.9. The van der Waals surface area contributed by atoms with E-state index in [2.05, 4.69) is 20.5 Å². The van der Waals surface area contributed by atoms with Crippen molar-refractivity contribution in [3.05, 3.63) is 89.4 Å². The van der Waals surface area contributed by atoms with Crippen molar-refractivity contribution in [2.45, 2.75) is 13.8 Å². The fourth-order valence-corrected chi connectivity index (χ4v) is 3.25. The number of aromatic amines is 1. The van der Waals surface area contributed by atoms with Crippen molar-refractivity contribution >= 4 is 40.6 Å². The molecule has 7 nitrogen and oxygen atoms in total. The number of amides is 1. The molecule has 0 aliphatic rings. The fourth-order valence-electron chi connectivity index (χ4n) is 3.25. The summed E-state index contributed by atoms with van der Waals surface area (Å²) in [7, 11) is 0. The summed E-state index contributed by atoms with van der Waals surface area (Å²) < 4.78 is 5.14. The summed E-state index contributed by atoms with van der Waals surface area (Å²) in [4.78, 5) is 29.3. The molecule has 0 atom stereocenters. The van der Waals surface area contributed by atoms with E-state index in [1.807, 2.05) is 50.3 Å². The number of aromatic nitrogens is 3. The number of hydrogen-bond donors (Lipinski definition) is 2. The second-order valence-electron chi connectivity index (χ2n) is 7.98. The normalized spacial score (nSPS) is 11.2. The van der Waals surface area contributed by atoms with Crippen LogP contribution >= 0.6 is 0 Å². The van der Waals surface area contributed by atoms with E-state index >= 15 is 0 Å². The highest BCUT2D eigenvalue weighted by atomic mass is 16.5. The third kappa shape index (κ3) is 5.51. The molecule has 0 saturated heterocycles. The van der Waals surface area contributed by atoms with Crippen molar-refractivity contribution in [1.29, 1.82) is 0 Å². The highest BCUT2D eigenvalue weighted by Crippen LogP contribution is 2.22. The predicted molar refractivity (Wildman–Crippen MR) is 129 cm³/mol. The Labute approximate surface area is 191 Å². The summed E-state index contributed by atoms with van der Waals surface area (Å²) in [6.45, 7) is 4.25. The third-order valence-electron chi connectivity index (χ3n) is 4.87. The van der Waals surface area contributed by atoms with Crippen LogP contribution in [0.1, 0.15) is 41.2 Å². The first kappa shape index (κ1) is 22.0. The van der Waals surface area contributed by atoms with Crippen LogP contribution in [0.3, 0.4) is 0 Å². The molecule has 2 N–H and O–H groups in total. The van der Waals surface area contributed by atoms with E-state index < -0.39 is 6.09 Å². The minimum atomic E-state index is -0.543. The molecule has 0 unspecified atom stereocenters. The second kappa shape index (κ2) is 9.91. The van der Waals surface area contributed by atoms with Crippen LogP contribution in [0.2, 0.25) is 0 Å². The quantitative estimate of drug-likeness (QED) is 0.367. The number of anilines is 1. The van der Waals surface area contributed by atoms with Crippen molar-refractivity contribution < 1.29 is 14.3 Å². The lowest BCUT2D eigenvalue weighted by molar-refractivity contribution is 0.103. The highest BCUT2D eigenvalue weighted by Gasteiger charge is 2.13. The van der Waals surface area contributed by atoms with E-state index in [1.165, 1.54) is 0 Å². The van der Waals surface area contributed by atoms with Gasteiger partial charge in [0.2, 0.25) is 0 Å². The molecule has 0 fully saturated rings. The zero-order valence-corrected chi connectivity index (χ0v) is 18.4. The van der Waals surface area contributed by atoms with Gasteiger partial charge in [-0.05, 0) is 54.5 Å². The monoisotopic (exact) mass is 440 g/mol. The number of pyridine rings is 1. The van der Waals surface area contributed by atoms with Gasteiger partial charge in [0.1, 0.15) is 0 Å². The van der Waals surface area contributed by atoms with Crippen molar-refractivity contribution in [2.75, 3.05) is 11.9 Å². The van der Waals surface area contributed by atoms with Gasteiger partial charge in [-0.25, -0.2) is 4.79 Å². The van der Waals surface area contributed by atoms with Gasteiger partial charge < -0.3 is 4.74 Å². The van der Waals surface area contributed by atoms with E-state index in [1.54, 1.807) is 42.6 Å². The molecule has 2 aromatic heterocycles. The van der Waals surface area contributed by atoms with Gasteiger partial charge in [0.25, 0.3) is 0 Å². The number of nitrogens with one attached hydrogen (secondary N) is 2. The summed E-state index contributed by atoms with van der Waals surface area (Å²) in [5.41, 5.74) is 3.84. The number of carbonyl (C=O) groups excluding carboxylic acids is 2. The number of H-pyrrole nitrogens is 1. The van der Waals surface area contributed by atoms with Crippen LogP contribution in [0.15, 0.2) is 66.9 Å². The maximum absolute atomic E-state index is 13.1. The van der Waals surface area contributed by atoms with E-state index in [0.717, 1.165) is 22.3 Å². The number of benzene rings is 2. The number of rotatable bonds is 7. The van der Waals surface area contributed by atoms with Crippen LogP contribution in [0.25, 0.3) is 23.1 Å². The third-order valence-corrected chi connectivity index (χ3v) is 4.87. The number of ether oxygens (including phenoxy) is 1. The van der Waals surface area contributed by atoms with Gasteiger partial charge in [-0.15, -0.1) is 0 Å². The molecule has 0 bridgehead atoms. The average molecular weight is 441 g/mol. The molecule has 166 valence electrons. The molecule has 2 aromatic carbocycles. The zero-order chi connectivity index (χ0) is 23.2. The Bertz CT molecular complexity index is 1310. The standard InChI is InChI=1S/C26H24N4O3/c1-17(2)16-33-26(32)28-21-8-5-6-18(14-21)25(31)19-9-11-22-23(29-30-24(22)15-19)12-10-20-7-3-4-13-27-20/h3-15,17H,16H2,1-2H3,(H,28,32)(H,29,30). The Balaban J connectivity index is 1.50. The van der Waals surface area contributed by atoms with Crippen LogP contribution in [0.4, 0.5) is 10.5 Å². The summed E-state index contributed by atoms with van der Waals surface area (Å²) in [5.74, 6) is 0.0864. The Morgan fingerprint density at radius 2 is 1.88 bits per heavy atom. The van der Waals surface area contributed by atoms with E-state index in [-0.39, 0.29) is 11.7 Å². The maximum atomic E-state index is 13.1. The first-order valence-electron chi connectivity index (χ1n) is 10.7. The van der Waals surface area contributed by atoms with Gasteiger partial charge in [0.05, 0.1) is 23.5 Å². The van der Waals surface area contributed by atoms with Crippen molar-refractivity contribution in [2.24, 2.45) is 5.92 Å². The van der Waals surface area contributed by atoms with E-state index in [0.29, 0.717) is 23.4 Å². The van der Waals surface area contributed by atoms with E-state index in [9.17, 15) is 9.59 Å². The minimum absolute atomic E-state index is 0.156. The molecule has 0 spiro atoms. The second-order valence-corrected chi connectivity index (χ2v) is 7.98. The number of fused-ring (bicyclic) bond motifs is 1. The van der Waals surface area contributed by atoms with Gasteiger partial charge in [0, 0.05) is 28.4 Å². The zero-order valence-electron chi connectivity index (χ0n) is 18.4. The van der Waals surface area contributed by atoms with Crippen LogP contribution in [-0.4, -0.2) is 33.7 Å². The Kier molecular flexibility index (Phi) is 6.59. The summed E-state index contributed by atoms with van der Waals surface area (Å²) in [6.07, 6.45) is 4.97. The molecule has 4 aromatic rings. The number of nitrogens with zero attached hydrogens (tertiary/aromatic N) is 2. The van der Waals surface area contributed by atoms with Crippen LogP contribution < -0.4 is 5.32 Å². The van der Waals surface area contributed by atoms with E-state index in [4.69, 9.17) is 4.74 Å². The van der Waals surface area contributed by atoms with Gasteiger partial charge >= 0.3 is 6.09 Å². The lowest BCUT2D eigenvalue weighted by Gasteiger charge is -2.09. The first-order valence-corrected chi connectivity index (χ1v) is 10.7. The molecular formula is C26H24N4O3. The molecular weight excluding hydrogens is 416 g/mol. The molecule has 33 heavy (non-hydrogen) atoms. The van der Waals surface area contributed by atoms with Crippen LogP contribution in [-0.2, 0) is 4.74 Å². The highest BCUT2D eigenvalue weighted by molar-refractivity contribution is 6.11. The number of ketones is 1. The van der Waals surface area contributed by atoms with Crippen LogP contribution in [0.5, 0.6) is 0 Å². The maximum Gasteiger partial charge on any atom is 0.411 e. The number of carbonyl (C=O) groups is 2. The Morgan fingerprint density at radius 1 is 1.03 bits per heavy atom. The average Bonchev–Trinajstić information content (AvgIpc) is 3.24. The molecule has 0 radical (unpaired) electrons. The molecule has 2 heterocycles. The van der Waals surface area contributed by atoms with Gasteiger partial charge in [0.15, 0.2) is 5.78 Å². The predicted octanol–water partition coefficient (Wildman–Crippen LogP) is 5.56. The topological polar surface area (TPSA) is 97.0 Å². The lowest BCUT2D eigenvalue weighted by Crippen LogP contribution is -2.16. The van der Waals surface area contributed by atoms with Gasteiger partial charge in [-0.3, -0.25) is 20.2 Å². The SMILES string of the molecule is CC(C)COC(=O)Nc1cccc(C(=O)c2ccc3c(C=Cc4ccccn4)n[nH]c3c2)c1. The summed E-state index contributed by atoms with van der Waals surface area (Å²) in [5, 5.41) is 10.9. The number of hydrogen-bond acceptors (Lipinski definition) is 5. The Morgan fingerprint density at radius 3 is 2.67 bits per heavy atom.